The normalized spacial score (nSPS) is 10.4. The van der Waals surface area contributed by atoms with E-state index in [1.807, 2.05) is 0 Å². The molecule has 1 aromatic heterocycles. The second kappa shape index (κ2) is 6.41. The van der Waals surface area contributed by atoms with E-state index in [0.717, 1.165) is 0 Å². The van der Waals surface area contributed by atoms with Gasteiger partial charge in [-0.1, -0.05) is 17.7 Å². The Morgan fingerprint density at radius 1 is 1.38 bits per heavy atom. The van der Waals surface area contributed by atoms with Crippen LogP contribution in [0.5, 0.6) is 0 Å². The molecule has 6 nitrogen and oxygen atoms in total. The van der Waals surface area contributed by atoms with Crippen molar-refractivity contribution in [3.05, 3.63) is 62.9 Å². The minimum atomic E-state index is -0.491. The fraction of sp³-hybridized carbons (Fsp3) is 0.214. The number of hydrogen-bond donors (Lipinski definition) is 0. The minimum Gasteiger partial charge on any atom is -0.461 e. The molecule has 21 heavy (non-hydrogen) atoms. The van der Waals surface area contributed by atoms with Gasteiger partial charge >= 0.3 is 5.97 Å². The second-order valence-corrected chi connectivity index (χ2v) is 4.64. The first kappa shape index (κ1) is 15.1. The lowest BCUT2D eigenvalue weighted by atomic mass is 10.1. The van der Waals surface area contributed by atoms with Crippen molar-refractivity contribution in [2.75, 3.05) is 6.61 Å². The van der Waals surface area contributed by atoms with Gasteiger partial charge in [-0.2, -0.15) is 0 Å². The van der Waals surface area contributed by atoms with Gasteiger partial charge in [-0.15, -0.1) is 0 Å². The van der Waals surface area contributed by atoms with Crippen molar-refractivity contribution in [3.63, 3.8) is 0 Å². The van der Waals surface area contributed by atoms with Gasteiger partial charge in [0.2, 0.25) is 0 Å². The molecule has 0 N–H and O–H groups in total. The van der Waals surface area contributed by atoms with E-state index in [0.29, 0.717) is 11.3 Å². The Bertz CT molecular complexity index is 681. The Labute approximate surface area is 126 Å². The summed E-state index contributed by atoms with van der Waals surface area (Å²) < 4.78 is 6.52. The van der Waals surface area contributed by atoms with Gasteiger partial charge in [0.15, 0.2) is 0 Å². The predicted octanol–water partition coefficient (Wildman–Crippen LogP) is 3.27. The van der Waals surface area contributed by atoms with Crippen LogP contribution in [0.3, 0.4) is 0 Å². The minimum absolute atomic E-state index is 0.0778. The van der Waals surface area contributed by atoms with Crippen LogP contribution in [0.25, 0.3) is 0 Å². The van der Waals surface area contributed by atoms with Crippen molar-refractivity contribution in [2.45, 2.75) is 13.5 Å². The predicted molar refractivity (Wildman–Crippen MR) is 77.6 cm³/mol. The molecular weight excluding hydrogens is 296 g/mol. The Morgan fingerprint density at radius 3 is 2.81 bits per heavy atom. The van der Waals surface area contributed by atoms with Gasteiger partial charge in [0.1, 0.15) is 5.69 Å². The van der Waals surface area contributed by atoms with Crippen molar-refractivity contribution in [3.8, 4) is 0 Å². The monoisotopic (exact) mass is 308 g/mol. The van der Waals surface area contributed by atoms with E-state index < -0.39 is 10.9 Å². The molecule has 0 saturated heterocycles. The summed E-state index contributed by atoms with van der Waals surface area (Å²) in [6, 6.07) is 7.76. The van der Waals surface area contributed by atoms with E-state index in [-0.39, 0.29) is 23.9 Å². The van der Waals surface area contributed by atoms with Gasteiger partial charge < -0.3 is 9.30 Å². The van der Waals surface area contributed by atoms with Crippen LogP contribution in [0.1, 0.15) is 23.0 Å². The zero-order valence-corrected chi connectivity index (χ0v) is 12.0. The lowest BCUT2D eigenvalue weighted by Crippen LogP contribution is -2.13. The zero-order valence-electron chi connectivity index (χ0n) is 11.3. The molecule has 0 atom stereocenters. The van der Waals surface area contributed by atoms with E-state index >= 15 is 0 Å². The quantitative estimate of drug-likeness (QED) is 0.482. The van der Waals surface area contributed by atoms with Crippen LogP contribution in [-0.2, 0) is 11.3 Å². The molecule has 110 valence electrons. The highest BCUT2D eigenvalue weighted by atomic mass is 35.5. The van der Waals surface area contributed by atoms with Crippen LogP contribution >= 0.6 is 11.6 Å². The summed E-state index contributed by atoms with van der Waals surface area (Å²) >= 11 is 6.05. The molecule has 0 amide bonds. The number of carbonyl (C=O) groups excluding carboxylic acids is 1. The number of nitrogens with zero attached hydrogens (tertiary/aromatic N) is 2. The molecule has 0 aliphatic carbocycles. The molecular formula is C14H13ClN2O4. The summed E-state index contributed by atoms with van der Waals surface area (Å²) in [5, 5.41) is 11.4. The van der Waals surface area contributed by atoms with E-state index in [4.69, 9.17) is 16.3 Å². The number of rotatable bonds is 5. The molecule has 1 heterocycles. The van der Waals surface area contributed by atoms with Crippen molar-refractivity contribution in [1.29, 1.82) is 0 Å². The molecule has 0 aliphatic heterocycles. The van der Waals surface area contributed by atoms with Crippen molar-refractivity contribution >= 4 is 23.3 Å². The van der Waals surface area contributed by atoms with Crippen LogP contribution < -0.4 is 0 Å². The molecule has 0 aliphatic rings. The first-order chi connectivity index (χ1) is 10.0. The maximum absolute atomic E-state index is 11.8. The van der Waals surface area contributed by atoms with E-state index in [1.54, 1.807) is 35.9 Å². The average Bonchev–Trinajstić information content (AvgIpc) is 2.89. The zero-order chi connectivity index (χ0) is 15.4. The lowest BCUT2D eigenvalue weighted by molar-refractivity contribution is -0.385. The van der Waals surface area contributed by atoms with Crippen LogP contribution in [0.15, 0.2) is 36.5 Å². The number of nitro benzene ring substituents is 1. The molecule has 1 aromatic carbocycles. The van der Waals surface area contributed by atoms with Gasteiger partial charge in [-0.25, -0.2) is 4.79 Å². The third-order valence-electron chi connectivity index (χ3n) is 2.93. The number of esters is 1. The summed E-state index contributed by atoms with van der Waals surface area (Å²) in [6.07, 6.45) is 1.65. The highest BCUT2D eigenvalue weighted by molar-refractivity contribution is 6.31. The van der Waals surface area contributed by atoms with E-state index in [9.17, 15) is 14.9 Å². The standard InChI is InChI=1S/C14H13ClN2O4/c1-2-21-14(18)13-7-4-8-16(13)9-10-11(15)5-3-6-12(10)17(19)20/h3-8H,2,9H2,1H3. The summed E-state index contributed by atoms with van der Waals surface area (Å²) in [5.74, 6) is -0.475. The lowest BCUT2D eigenvalue weighted by Gasteiger charge is -2.10. The third kappa shape index (κ3) is 3.22. The molecule has 0 spiro atoms. The van der Waals surface area contributed by atoms with Crippen molar-refractivity contribution < 1.29 is 14.5 Å². The van der Waals surface area contributed by atoms with Gasteiger partial charge in [-0.05, 0) is 25.1 Å². The Hall–Kier alpha value is -2.34. The second-order valence-electron chi connectivity index (χ2n) is 4.24. The molecule has 2 rings (SSSR count). The SMILES string of the molecule is CCOC(=O)c1cccn1Cc1c(Cl)cccc1[N+](=O)[O-]. The number of ether oxygens (including phenoxy) is 1. The molecule has 0 fully saturated rings. The van der Waals surface area contributed by atoms with Crippen LogP contribution in [0.2, 0.25) is 5.02 Å². The fourth-order valence-electron chi connectivity index (χ4n) is 1.99. The van der Waals surface area contributed by atoms with Crippen LogP contribution in [0.4, 0.5) is 5.69 Å². The molecule has 7 heteroatoms. The van der Waals surface area contributed by atoms with E-state index in [2.05, 4.69) is 0 Å². The van der Waals surface area contributed by atoms with Crippen molar-refractivity contribution in [1.82, 2.24) is 4.57 Å². The average molecular weight is 309 g/mol. The Kier molecular flexibility index (Phi) is 4.59. The fourth-order valence-corrected chi connectivity index (χ4v) is 2.22. The van der Waals surface area contributed by atoms with Crippen LogP contribution in [0, 0.1) is 10.1 Å². The molecule has 2 aromatic rings. The van der Waals surface area contributed by atoms with Crippen molar-refractivity contribution in [2.24, 2.45) is 0 Å². The van der Waals surface area contributed by atoms with Crippen LogP contribution in [-0.4, -0.2) is 22.1 Å². The molecule has 0 unspecified atom stereocenters. The maximum Gasteiger partial charge on any atom is 0.354 e. The highest BCUT2D eigenvalue weighted by Crippen LogP contribution is 2.27. The number of nitro groups is 1. The number of carbonyl (C=O) groups is 1. The number of halogens is 1. The van der Waals surface area contributed by atoms with Gasteiger partial charge in [0, 0.05) is 12.3 Å². The number of benzene rings is 1. The molecule has 0 saturated carbocycles. The summed E-state index contributed by atoms with van der Waals surface area (Å²) in [5.41, 5.74) is 0.600. The third-order valence-corrected chi connectivity index (χ3v) is 3.29. The molecule has 0 bridgehead atoms. The van der Waals surface area contributed by atoms with Gasteiger partial charge in [0.05, 0.1) is 28.7 Å². The summed E-state index contributed by atoms with van der Waals surface area (Å²) in [7, 11) is 0. The molecule has 0 radical (unpaired) electrons. The Morgan fingerprint density at radius 2 is 2.14 bits per heavy atom. The number of hydrogen-bond acceptors (Lipinski definition) is 4. The maximum atomic E-state index is 11.8. The smallest absolute Gasteiger partial charge is 0.354 e. The van der Waals surface area contributed by atoms with Gasteiger partial charge in [0.25, 0.3) is 5.69 Å². The van der Waals surface area contributed by atoms with Gasteiger partial charge in [-0.3, -0.25) is 10.1 Å². The highest BCUT2D eigenvalue weighted by Gasteiger charge is 2.19. The Balaban J connectivity index is 2.38. The largest absolute Gasteiger partial charge is 0.461 e. The first-order valence-electron chi connectivity index (χ1n) is 6.28. The first-order valence-corrected chi connectivity index (χ1v) is 6.66. The van der Waals surface area contributed by atoms with E-state index in [1.165, 1.54) is 12.1 Å². The summed E-state index contributed by atoms with van der Waals surface area (Å²) in [6.45, 7) is 2.09. The topological polar surface area (TPSA) is 74.4 Å². The summed E-state index contributed by atoms with van der Waals surface area (Å²) in [4.78, 5) is 22.4. The number of aromatic nitrogens is 1.